The summed E-state index contributed by atoms with van der Waals surface area (Å²) in [7, 11) is 0. The van der Waals surface area contributed by atoms with Gasteiger partial charge in [-0.25, -0.2) is 0 Å². The van der Waals surface area contributed by atoms with Gasteiger partial charge in [-0.1, -0.05) is 53.0 Å². The second kappa shape index (κ2) is 8.03. The van der Waals surface area contributed by atoms with E-state index in [0.29, 0.717) is 26.5 Å². The molecule has 6 nitrogen and oxygen atoms in total. The molecule has 0 bridgehead atoms. The third-order valence-corrected chi connectivity index (χ3v) is 4.55. The highest BCUT2D eigenvalue weighted by atomic mass is 35.5. The van der Waals surface area contributed by atoms with Gasteiger partial charge in [0.05, 0.1) is 11.1 Å². The lowest BCUT2D eigenvalue weighted by Crippen LogP contribution is -2.31. The summed E-state index contributed by atoms with van der Waals surface area (Å²) in [4.78, 5) is 13.5. The molecule has 0 aliphatic carbocycles. The van der Waals surface area contributed by atoms with E-state index in [1.165, 1.54) is 4.80 Å². The molecular formula is C17H14Cl3N5O. The highest BCUT2D eigenvalue weighted by molar-refractivity contribution is 6.35. The maximum absolute atomic E-state index is 12.3. The first-order chi connectivity index (χ1) is 12.4. The summed E-state index contributed by atoms with van der Waals surface area (Å²) in [5.74, 6) is 0.0869. The number of halogens is 3. The first kappa shape index (κ1) is 18.6. The van der Waals surface area contributed by atoms with Gasteiger partial charge in [0.15, 0.2) is 0 Å². The van der Waals surface area contributed by atoms with Crippen LogP contribution in [0.2, 0.25) is 15.1 Å². The van der Waals surface area contributed by atoms with Crippen molar-refractivity contribution in [3.63, 3.8) is 0 Å². The van der Waals surface area contributed by atoms with Crippen molar-refractivity contribution < 1.29 is 4.79 Å². The van der Waals surface area contributed by atoms with Gasteiger partial charge >= 0.3 is 0 Å². The number of amides is 1. The Hall–Kier alpha value is -2.15. The molecule has 9 heteroatoms. The predicted octanol–water partition coefficient (Wildman–Crippen LogP) is 4.18. The van der Waals surface area contributed by atoms with Gasteiger partial charge in [0.2, 0.25) is 11.7 Å². The van der Waals surface area contributed by atoms with Crippen LogP contribution in [0.25, 0.3) is 11.4 Å². The SMILES string of the molecule is C[C@@H](NC(=O)Cn1nnc(-c2ccccc2Cl)n1)c1ccc(Cl)cc1Cl. The van der Waals surface area contributed by atoms with Crippen LogP contribution in [0.5, 0.6) is 0 Å². The molecule has 134 valence electrons. The number of hydrogen-bond donors (Lipinski definition) is 1. The fraction of sp³-hybridized carbons (Fsp3) is 0.176. The van der Waals surface area contributed by atoms with E-state index in [-0.39, 0.29) is 18.5 Å². The van der Waals surface area contributed by atoms with Crippen LogP contribution in [0, 0.1) is 0 Å². The lowest BCUT2D eigenvalue weighted by atomic mass is 10.1. The molecule has 0 fully saturated rings. The van der Waals surface area contributed by atoms with Crippen molar-refractivity contribution in [1.82, 2.24) is 25.5 Å². The van der Waals surface area contributed by atoms with E-state index in [1.807, 2.05) is 19.1 Å². The molecule has 0 saturated heterocycles. The van der Waals surface area contributed by atoms with Gasteiger partial charge in [0.1, 0.15) is 6.54 Å². The number of benzene rings is 2. The Morgan fingerprint density at radius 3 is 2.65 bits per heavy atom. The molecule has 26 heavy (non-hydrogen) atoms. The number of tetrazole rings is 1. The molecule has 1 heterocycles. The fourth-order valence-corrected chi connectivity index (χ4v) is 3.20. The summed E-state index contributed by atoms with van der Waals surface area (Å²) < 4.78 is 0. The average molecular weight is 411 g/mol. The minimum Gasteiger partial charge on any atom is -0.348 e. The Kier molecular flexibility index (Phi) is 5.76. The Labute approximate surface area is 165 Å². The monoisotopic (exact) mass is 409 g/mol. The van der Waals surface area contributed by atoms with E-state index < -0.39 is 0 Å². The second-order valence-corrected chi connectivity index (χ2v) is 6.83. The molecule has 3 rings (SSSR count). The maximum atomic E-state index is 12.3. The van der Waals surface area contributed by atoms with Gasteiger partial charge in [-0.05, 0) is 42.0 Å². The minimum atomic E-state index is -0.293. The first-order valence-electron chi connectivity index (χ1n) is 7.71. The molecule has 2 aromatic carbocycles. The molecule has 0 aliphatic rings. The van der Waals surface area contributed by atoms with Gasteiger partial charge in [0, 0.05) is 15.6 Å². The molecule has 1 amide bonds. The number of nitrogens with one attached hydrogen (secondary N) is 1. The van der Waals surface area contributed by atoms with Gasteiger partial charge in [0.25, 0.3) is 0 Å². The smallest absolute Gasteiger partial charge is 0.244 e. The van der Waals surface area contributed by atoms with Crippen molar-refractivity contribution in [2.75, 3.05) is 0 Å². The third kappa shape index (κ3) is 4.33. The largest absolute Gasteiger partial charge is 0.348 e. The topological polar surface area (TPSA) is 72.7 Å². The Balaban J connectivity index is 1.66. The van der Waals surface area contributed by atoms with Crippen LogP contribution >= 0.6 is 34.8 Å². The highest BCUT2D eigenvalue weighted by Crippen LogP contribution is 2.26. The molecular weight excluding hydrogens is 397 g/mol. The van der Waals surface area contributed by atoms with Crippen LogP contribution in [-0.2, 0) is 11.3 Å². The van der Waals surface area contributed by atoms with Crippen molar-refractivity contribution in [3.8, 4) is 11.4 Å². The lowest BCUT2D eigenvalue weighted by molar-refractivity contribution is -0.122. The summed E-state index contributed by atoms with van der Waals surface area (Å²) in [6, 6.07) is 12.0. The Bertz CT molecular complexity index is 944. The summed E-state index contributed by atoms with van der Waals surface area (Å²) in [6.07, 6.45) is 0. The quantitative estimate of drug-likeness (QED) is 0.685. The average Bonchev–Trinajstić information content (AvgIpc) is 3.03. The van der Waals surface area contributed by atoms with Gasteiger partial charge in [-0.2, -0.15) is 4.80 Å². The fourth-order valence-electron chi connectivity index (χ4n) is 2.41. The zero-order chi connectivity index (χ0) is 18.7. The maximum Gasteiger partial charge on any atom is 0.244 e. The Morgan fingerprint density at radius 2 is 1.92 bits per heavy atom. The first-order valence-corrected chi connectivity index (χ1v) is 8.84. The molecule has 1 aromatic heterocycles. The van der Waals surface area contributed by atoms with E-state index in [4.69, 9.17) is 34.8 Å². The van der Waals surface area contributed by atoms with E-state index in [9.17, 15) is 4.79 Å². The predicted molar refractivity (Wildman–Crippen MR) is 101 cm³/mol. The molecule has 1 atom stereocenters. The minimum absolute atomic E-state index is 0.0764. The molecule has 0 saturated carbocycles. The van der Waals surface area contributed by atoms with Crippen LogP contribution in [0.4, 0.5) is 0 Å². The summed E-state index contributed by atoms with van der Waals surface area (Å²) in [6.45, 7) is 1.75. The van der Waals surface area contributed by atoms with Gasteiger partial charge in [-0.15, -0.1) is 10.2 Å². The molecule has 0 aliphatic heterocycles. The van der Waals surface area contributed by atoms with E-state index >= 15 is 0 Å². The number of aromatic nitrogens is 4. The van der Waals surface area contributed by atoms with Crippen LogP contribution in [0.3, 0.4) is 0 Å². The Morgan fingerprint density at radius 1 is 1.15 bits per heavy atom. The molecule has 3 aromatic rings. The molecule has 0 radical (unpaired) electrons. The van der Waals surface area contributed by atoms with E-state index in [0.717, 1.165) is 5.56 Å². The third-order valence-electron chi connectivity index (χ3n) is 3.66. The van der Waals surface area contributed by atoms with Crippen molar-refractivity contribution >= 4 is 40.7 Å². The van der Waals surface area contributed by atoms with Crippen molar-refractivity contribution in [2.24, 2.45) is 0 Å². The number of nitrogens with zero attached hydrogens (tertiary/aromatic N) is 4. The van der Waals surface area contributed by atoms with E-state index in [2.05, 4.69) is 20.7 Å². The van der Waals surface area contributed by atoms with Crippen LogP contribution in [0.1, 0.15) is 18.5 Å². The normalized spacial score (nSPS) is 12.0. The second-order valence-electron chi connectivity index (χ2n) is 5.58. The summed E-state index contributed by atoms with van der Waals surface area (Å²) >= 11 is 18.2. The van der Waals surface area contributed by atoms with Gasteiger partial charge < -0.3 is 5.32 Å². The number of rotatable bonds is 5. The summed E-state index contributed by atoms with van der Waals surface area (Å²) in [5, 5.41) is 16.4. The molecule has 0 spiro atoms. The van der Waals surface area contributed by atoms with Crippen molar-refractivity contribution in [3.05, 3.63) is 63.1 Å². The number of carbonyl (C=O) groups is 1. The molecule has 0 unspecified atom stereocenters. The van der Waals surface area contributed by atoms with Crippen LogP contribution in [-0.4, -0.2) is 26.1 Å². The number of hydrogen-bond acceptors (Lipinski definition) is 4. The zero-order valence-electron chi connectivity index (χ0n) is 13.7. The standard InChI is InChI=1S/C17H14Cl3N5O/c1-10(12-7-6-11(18)8-15(12)20)21-16(26)9-25-23-17(22-24-25)13-4-2-3-5-14(13)19/h2-8,10H,9H2,1H3,(H,21,26)/t10-/m1/s1. The van der Waals surface area contributed by atoms with Gasteiger partial charge in [-0.3, -0.25) is 4.79 Å². The molecule has 1 N–H and O–H groups in total. The van der Waals surface area contributed by atoms with Crippen molar-refractivity contribution in [1.29, 1.82) is 0 Å². The van der Waals surface area contributed by atoms with Crippen LogP contribution in [0.15, 0.2) is 42.5 Å². The summed E-state index contributed by atoms with van der Waals surface area (Å²) in [5.41, 5.74) is 1.43. The van der Waals surface area contributed by atoms with Crippen molar-refractivity contribution in [2.45, 2.75) is 19.5 Å². The van der Waals surface area contributed by atoms with Crippen LogP contribution < -0.4 is 5.32 Å². The zero-order valence-corrected chi connectivity index (χ0v) is 15.9. The van der Waals surface area contributed by atoms with E-state index in [1.54, 1.807) is 30.3 Å². The highest BCUT2D eigenvalue weighted by Gasteiger charge is 2.15. The lowest BCUT2D eigenvalue weighted by Gasteiger charge is -2.15. The number of carbonyl (C=O) groups excluding carboxylic acids is 1.